The van der Waals surface area contributed by atoms with Gasteiger partial charge in [0.1, 0.15) is 0 Å². The Morgan fingerprint density at radius 3 is 2.22 bits per heavy atom. The van der Waals surface area contributed by atoms with Gasteiger partial charge in [-0.25, -0.2) is 0 Å². The molecule has 0 saturated heterocycles. The van der Waals surface area contributed by atoms with Crippen LogP contribution in [0.25, 0.3) is 0 Å². The Morgan fingerprint density at radius 1 is 1.22 bits per heavy atom. The molecule has 0 aliphatic carbocycles. The van der Waals surface area contributed by atoms with Crippen LogP contribution >= 0.6 is 0 Å². The van der Waals surface area contributed by atoms with E-state index in [1.807, 2.05) is 51.1 Å². The van der Waals surface area contributed by atoms with Crippen LogP contribution in [-0.2, 0) is 6.42 Å². The summed E-state index contributed by atoms with van der Waals surface area (Å²) in [4.78, 5) is 0.128. The van der Waals surface area contributed by atoms with Gasteiger partial charge in [0.15, 0.2) is 0 Å². The van der Waals surface area contributed by atoms with Crippen molar-refractivity contribution < 1.29 is 34.5 Å². The Hall–Kier alpha value is -0.780. The first-order chi connectivity index (χ1) is 7.95. The average Bonchev–Trinajstić information content (AvgIpc) is 2.28. The van der Waals surface area contributed by atoms with Gasteiger partial charge >= 0.3 is 29.6 Å². The Kier molecular flexibility index (Phi) is 7.28. The van der Waals surface area contributed by atoms with E-state index in [2.05, 4.69) is 5.28 Å². The maximum absolute atomic E-state index is 11.3. The molecule has 0 saturated carbocycles. The molecular weight excluding hydrogens is 241 g/mol. The smallest absolute Gasteiger partial charge is 0.737 e. The van der Waals surface area contributed by atoms with Gasteiger partial charge in [-0.2, -0.15) is 0 Å². The minimum Gasteiger partial charge on any atom is -0.737 e. The molecule has 0 N–H and O–H groups in total. The summed E-state index contributed by atoms with van der Waals surface area (Å²) in [6.07, 6.45) is 0.701. The van der Waals surface area contributed by atoms with Crippen LogP contribution in [0.1, 0.15) is 26.3 Å². The van der Waals surface area contributed by atoms with Crippen LogP contribution in [0.2, 0.25) is 0 Å². The molecule has 0 bridgehead atoms. The predicted molar refractivity (Wildman–Crippen MR) is 66.0 cm³/mol. The molecule has 0 aliphatic rings. The average molecular weight is 259 g/mol. The van der Waals surface area contributed by atoms with E-state index in [0.717, 1.165) is 5.56 Å². The molecule has 5 nitrogen and oxygen atoms in total. The van der Waals surface area contributed by atoms with Crippen molar-refractivity contribution >= 4 is 0 Å². The van der Waals surface area contributed by atoms with Crippen molar-refractivity contribution in [2.24, 2.45) is 5.28 Å². The van der Waals surface area contributed by atoms with Crippen LogP contribution in [0.3, 0.4) is 0 Å². The topological polar surface area (TPSA) is 64.7 Å². The summed E-state index contributed by atoms with van der Waals surface area (Å²) in [6, 6.07) is 9.82. The summed E-state index contributed by atoms with van der Waals surface area (Å²) in [6.45, 7) is 6.07. The minimum atomic E-state index is -0.426. The summed E-state index contributed by atoms with van der Waals surface area (Å²) in [5, 5.41) is 25.5. The third-order valence-electron chi connectivity index (χ3n) is 2.51. The number of rotatable bonds is 4. The summed E-state index contributed by atoms with van der Waals surface area (Å²) < 4.78 is 0. The zero-order chi connectivity index (χ0) is 12.9. The van der Waals surface area contributed by atoms with Crippen LogP contribution in [0.5, 0.6) is 0 Å². The first-order valence-electron chi connectivity index (χ1n) is 5.57. The molecule has 0 heterocycles. The van der Waals surface area contributed by atoms with Crippen molar-refractivity contribution in [1.82, 2.24) is 5.01 Å². The number of nitrogens with zero attached hydrogens (tertiary/aromatic N) is 3. The number of hydrogen-bond donors (Lipinski definition) is 0. The number of hydrazine groups is 1. The molecule has 1 rings (SSSR count). The molecule has 1 aromatic rings. The van der Waals surface area contributed by atoms with Gasteiger partial charge in [-0.15, -0.1) is 5.01 Å². The van der Waals surface area contributed by atoms with E-state index in [-0.39, 0.29) is 34.5 Å². The molecule has 94 valence electrons. The van der Waals surface area contributed by atoms with E-state index in [1.165, 1.54) is 5.01 Å². The van der Waals surface area contributed by atoms with Crippen LogP contribution < -0.4 is 29.6 Å². The Bertz CT molecular complexity index is 377. The number of benzene rings is 1. The fourth-order valence-corrected chi connectivity index (χ4v) is 1.60. The first-order valence-corrected chi connectivity index (χ1v) is 5.57. The molecular formula is C12H18N3NaO2. The normalized spacial score (nSPS) is 11.8. The summed E-state index contributed by atoms with van der Waals surface area (Å²) in [5.74, 6) is 0. The van der Waals surface area contributed by atoms with Gasteiger partial charge < -0.3 is 10.4 Å². The second-order valence-electron chi connectivity index (χ2n) is 4.86. The maximum Gasteiger partial charge on any atom is 1.00 e. The Morgan fingerprint density at radius 2 is 1.78 bits per heavy atom. The molecule has 1 aromatic carbocycles. The zero-order valence-corrected chi connectivity index (χ0v) is 13.5. The van der Waals surface area contributed by atoms with Gasteiger partial charge in [0, 0.05) is 4.97 Å². The van der Waals surface area contributed by atoms with E-state index in [4.69, 9.17) is 0 Å². The van der Waals surface area contributed by atoms with Gasteiger partial charge in [0.2, 0.25) is 0 Å². The molecule has 18 heavy (non-hydrogen) atoms. The largest absolute Gasteiger partial charge is 1.00 e. The molecule has 0 fully saturated rings. The van der Waals surface area contributed by atoms with Gasteiger partial charge in [-0.1, -0.05) is 30.3 Å². The van der Waals surface area contributed by atoms with E-state index in [0.29, 0.717) is 13.0 Å². The third kappa shape index (κ3) is 5.25. The van der Waals surface area contributed by atoms with Gasteiger partial charge in [-0.05, 0) is 38.0 Å². The van der Waals surface area contributed by atoms with Gasteiger partial charge in [0.25, 0.3) is 0 Å². The van der Waals surface area contributed by atoms with E-state index in [1.54, 1.807) is 0 Å². The summed E-state index contributed by atoms with van der Waals surface area (Å²) in [5.41, 5.74) is 0.700. The number of hydrogen-bond acceptors (Lipinski definition) is 3. The van der Waals surface area contributed by atoms with E-state index < -0.39 is 5.54 Å². The molecule has 0 aliphatic heterocycles. The zero-order valence-electron chi connectivity index (χ0n) is 11.5. The third-order valence-corrected chi connectivity index (χ3v) is 2.51. The molecule has 0 spiro atoms. The summed E-state index contributed by atoms with van der Waals surface area (Å²) in [7, 11) is 0. The van der Waals surface area contributed by atoms with E-state index in [9.17, 15) is 10.4 Å². The quantitative estimate of drug-likeness (QED) is 0.323. The second kappa shape index (κ2) is 7.61. The van der Waals surface area contributed by atoms with Gasteiger partial charge in [-0.3, -0.25) is 0 Å². The molecule has 0 atom stereocenters. The van der Waals surface area contributed by atoms with Crippen molar-refractivity contribution in [2.45, 2.75) is 32.7 Å². The van der Waals surface area contributed by atoms with Crippen LogP contribution in [0.4, 0.5) is 0 Å². The van der Waals surface area contributed by atoms with Crippen molar-refractivity contribution in [3.8, 4) is 0 Å². The predicted octanol–water partition coefficient (Wildman–Crippen LogP) is -0.291. The van der Waals surface area contributed by atoms with Crippen molar-refractivity contribution in [1.29, 1.82) is 0 Å². The standard InChI is InChI=1S/C12H19N3O2.Na/c1-12(2,3)14(15(17)13-16)10-9-11-7-5-4-6-8-11;/h4-8,16H,9-10H2,1-3H3;/q;+1/p-1. The Balaban J connectivity index is 0.00000289. The summed E-state index contributed by atoms with van der Waals surface area (Å²) >= 11 is 0. The molecule has 0 radical (unpaired) electrons. The van der Waals surface area contributed by atoms with Crippen molar-refractivity contribution in [3.05, 3.63) is 46.3 Å². The Labute approximate surface area is 130 Å². The van der Waals surface area contributed by atoms with Crippen LogP contribution in [-0.4, -0.2) is 22.1 Å². The fraction of sp³-hybridized carbons (Fsp3) is 0.500. The second-order valence-corrected chi connectivity index (χ2v) is 4.86. The van der Waals surface area contributed by atoms with E-state index >= 15 is 0 Å². The minimum absolute atomic E-state index is 0. The van der Waals surface area contributed by atoms with Crippen LogP contribution in [0, 0.1) is 10.4 Å². The first kappa shape index (κ1) is 17.2. The maximum atomic E-state index is 11.3. The molecule has 6 heteroatoms. The molecule has 0 unspecified atom stereocenters. The van der Waals surface area contributed by atoms with Crippen molar-refractivity contribution in [2.75, 3.05) is 6.54 Å². The molecule has 0 amide bonds. The van der Waals surface area contributed by atoms with Gasteiger partial charge in [0.05, 0.1) is 12.1 Å². The SMILES string of the molecule is CC(C)(C)N(CCc1ccccc1)[N+]([O-])=N[O-].[Na+]. The molecule has 0 aromatic heterocycles. The fourth-order valence-electron chi connectivity index (χ4n) is 1.60. The van der Waals surface area contributed by atoms with Crippen molar-refractivity contribution in [3.63, 3.8) is 0 Å². The van der Waals surface area contributed by atoms with Crippen LogP contribution in [0.15, 0.2) is 35.6 Å². The monoisotopic (exact) mass is 259 g/mol.